The Kier molecular flexibility index (Phi) is 4.40. The molecule has 0 aliphatic rings. The van der Waals surface area contributed by atoms with E-state index in [2.05, 4.69) is 5.32 Å². The molecule has 21 heavy (non-hydrogen) atoms. The number of ether oxygens (including phenoxy) is 1. The monoisotopic (exact) mass is 303 g/mol. The summed E-state index contributed by atoms with van der Waals surface area (Å²) in [7, 11) is 1.71. The predicted molar refractivity (Wildman–Crippen MR) is 78.0 cm³/mol. The fourth-order valence-electron chi connectivity index (χ4n) is 1.66. The molecule has 6 nitrogen and oxygen atoms in total. The van der Waals surface area contributed by atoms with Crippen LogP contribution in [0.4, 0.5) is 5.00 Å². The predicted octanol–water partition coefficient (Wildman–Crippen LogP) is 2.14. The van der Waals surface area contributed by atoms with Crippen molar-refractivity contribution in [1.29, 1.82) is 5.26 Å². The van der Waals surface area contributed by atoms with Gasteiger partial charge in [0.15, 0.2) is 6.10 Å². The Labute approximate surface area is 125 Å². The molecule has 1 atom stereocenters. The molecule has 1 unspecified atom stereocenters. The van der Waals surface area contributed by atoms with Crippen molar-refractivity contribution in [3.63, 3.8) is 0 Å². The third kappa shape index (κ3) is 3.30. The highest BCUT2D eigenvalue weighted by atomic mass is 32.1. The largest absolute Gasteiger partial charge is 0.448 e. The molecule has 0 aliphatic heterocycles. The summed E-state index contributed by atoms with van der Waals surface area (Å²) in [5.74, 6) is -1.05. The van der Waals surface area contributed by atoms with Crippen molar-refractivity contribution in [2.24, 2.45) is 7.05 Å². The highest BCUT2D eigenvalue weighted by Crippen LogP contribution is 2.22. The number of amides is 1. The topological polar surface area (TPSA) is 84.1 Å². The molecule has 1 amide bonds. The van der Waals surface area contributed by atoms with E-state index in [9.17, 15) is 9.59 Å². The summed E-state index contributed by atoms with van der Waals surface area (Å²) in [5, 5.41) is 13.6. The van der Waals surface area contributed by atoms with Crippen LogP contribution in [0.1, 0.15) is 23.0 Å². The van der Waals surface area contributed by atoms with Crippen molar-refractivity contribution >= 4 is 28.2 Å². The van der Waals surface area contributed by atoms with Crippen LogP contribution >= 0.6 is 11.3 Å². The van der Waals surface area contributed by atoms with E-state index in [1.165, 1.54) is 18.3 Å². The molecule has 0 fully saturated rings. The highest BCUT2D eigenvalue weighted by Gasteiger charge is 2.21. The zero-order chi connectivity index (χ0) is 15.4. The van der Waals surface area contributed by atoms with Gasteiger partial charge in [-0.3, -0.25) is 4.79 Å². The van der Waals surface area contributed by atoms with Crippen molar-refractivity contribution in [2.75, 3.05) is 5.32 Å². The van der Waals surface area contributed by atoms with Gasteiger partial charge in [0.2, 0.25) is 0 Å². The van der Waals surface area contributed by atoms with Gasteiger partial charge in [0, 0.05) is 13.2 Å². The Morgan fingerprint density at radius 1 is 1.48 bits per heavy atom. The average molecular weight is 303 g/mol. The zero-order valence-electron chi connectivity index (χ0n) is 11.5. The van der Waals surface area contributed by atoms with Crippen LogP contribution in [0.25, 0.3) is 0 Å². The van der Waals surface area contributed by atoms with E-state index < -0.39 is 18.0 Å². The van der Waals surface area contributed by atoms with Crippen LogP contribution in [0, 0.1) is 11.3 Å². The van der Waals surface area contributed by atoms with Crippen LogP contribution in [-0.4, -0.2) is 22.5 Å². The van der Waals surface area contributed by atoms with Gasteiger partial charge in [0.1, 0.15) is 16.8 Å². The molecule has 2 rings (SSSR count). The molecule has 108 valence electrons. The van der Waals surface area contributed by atoms with Gasteiger partial charge in [0.05, 0.1) is 5.56 Å². The molecule has 2 heterocycles. The van der Waals surface area contributed by atoms with Crippen molar-refractivity contribution < 1.29 is 14.3 Å². The Balaban J connectivity index is 1.99. The van der Waals surface area contributed by atoms with E-state index in [0.717, 1.165) is 0 Å². The first-order chi connectivity index (χ1) is 10.0. The van der Waals surface area contributed by atoms with Gasteiger partial charge in [-0.1, -0.05) is 0 Å². The van der Waals surface area contributed by atoms with Gasteiger partial charge < -0.3 is 14.6 Å². The molecule has 0 spiro atoms. The number of thiophene rings is 1. The fraction of sp³-hybridized carbons (Fsp3) is 0.214. The summed E-state index contributed by atoms with van der Waals surface area (Å²) in [6.07, 6.45) is 0.757. The minimum absolute atomic E-state index is 0.364. The number of anilines is 1. The molecule has 0 aliphatic carbocycles. The van der Waals surface area contributed by atoms with Crippen LogP contribution < -0.4 is 5.32 Å². The first-order valence-electron chi connectivity index (χ1n) is 6.13. The summed E-state index contributed by atoms with van der Waals surface area (Å²) in [5.41, 5.74) is 0.748. The zero-order valence-corrected chi connectivity index (χ0v) is 12.3. The number of aromatic nitrogens is 1. The third-order valence-electron chi connectivity index (χ3n) is 2.83. The number of aryl methyl sites for hydroxylation is 1. The molecular formula is C14H13N3O3S. The van der Waals surface area contributed by atoms with Crippen LogP contribution in [-0.2, 0) is 16.6 Å². The van der Waals surface area contributed by atoms with E-state index in [1.807, 2.05) is 6.07 Å². The van der Waals surface area contributed by atoms with Crippen LogP contribution in [0.2, 0.25) is 0 Å². The first kappa shape index (κ1) is 14.8. The average Bonchev–Trinajstić information content (AvgIpc) is 3.07. The lowest BCUT2D eigenvalue weighted by atomic mass is 10.3. The second kappa shape index (κ2) is 6.24. The van der Waals surface area contributed by atoms with Crippen LogP contribution in [0.5, 0.6) is 0 Å². The lowest BCUT2D eigenvalue weighted by Gasteiger charge is -2.13. The van der Waals surface area contributed by atoms with E-state index in [-0.39, 0.29) is 0 Å². The maximum atomic E-state index is 12.0. The van der Waals surface area contributed by atoms with E-state index in [0.29, 0.717) is 16.3 Å². The number of nitrogens with zero attached hydrogens (tertiary/aromatic N) is 2. The maximum absolute atomic E-state index is 12.0. The first-order valence-corrected chi connectivity index (χ1v) is 7.01. The number of carbonyl (C=O) groups is 2. The highest BCUT2D eigenvalue weighted by molar-refractivity contribution is 7.14. The van der Waals surface area contributed by atoms with Crippen molar-refractivity contribution in [1.82, 2.24) is 4.57 Å². The molecule has 0 saturated carbocycles. The minimum Gasteiger partial charge on any atom is -0.448 e. The van der Waals surface area contributed by atoms with E-state index >= 15 is 0 Å². The van der Waals surface area contributed by atoms with E-state index in [1.54, 1.807) is 41.4 Å². The van der Waals surface area contributed by atoms with Gasteiger partial charge in [-0.2, -0.15) is 5.26 Å². The number of esters is 1. The Bertz CT molecular complexity index is 711. The third-order valence-corrected chi connectivity index (χ3v) is 3.66. The standard InChI is InChI=1S/C14H13N3O3S/c1-9(20-14(19)11-4-3-6-17(11)2)12(18)16-13-10(8-15)5-7-21-13/h3-7,9H,1-2H3,(H,16,18). The SMILES string of the molecule is CC(OC(=O)c1cccn1C)C(=O)Nc1sccc1C#N. The van der Waals surface area contributed by atoms with Crippen LogP contribution in [0.15, 0.2) is 29.8 Å². The summed E-state index contributed by atoms with van der Waals surface area (Å²) < 4.78 is 6.72. The van der Waals surface area contributed by atoms with Gasteiger partial charge in [-0.15, -0.1) is 11.3 Å². The Hall–Kier alpha value is -2.59. The molecule has 2 aromatic heterocycles. The minimum atomic E-state index is -0.957. The normalized spacial score (nSPS) is 11.5. The van der Waals surface area contributed by atoms with Gasteiger partial charge in [-0.25, -0.2) is 4.79 Å². The second-order valence-electron chi connectivity index (χ2n) is 4.32. The van der Waals surface area contributed by atoms with Gasteiger partial charge in [-0.05, 0) is 30.5 Å². The molecule has 0 bridgehead atoms. The Morgan fingerprint density at radius 2 is 2.24 bits per heavy atom. The second-order valence-corrected chi connectivity index (χ2v) is 5.23. The molecule has 1 N–H and O–H groups in total. The maximum Gasteiger partial charge on any atom is 0.355 e. The van der Waals surface area contributed by atoms with Gasteiger partial charge >= 0.3 is 5.97 Å². The summed E-state index contributed by atoms with van der Waals surface area (Å²) in [4.78, 5) is 23.9. The lowest BCUT2D eigenvalue weighted by molar-refractivity contribution is -0.123. The molecule has 0 saturated heterocycles. The molecule has 2 aromatic rings. The molecule has 7 heteroatoms. The van der Waals surface area contributed by atoms with Gasteiger partial charge in [0.25, 0.3) is 5.91 Å². The number of rotatable bonds is 4. The lowest BCUT2D eigenvalue weighted by Crippen LogP contribution is -2.30. The van der Waals surface area contributed by atoms with Crippen LogP contribution in [0.3, 0.4) is 0 Å². The summed E-state index contributed by atoms with van der Waals surface area (Å²) >= 11 is 1.24. The van der Waals surface area contributed by atoms with Crippen molar-refractivity contribution in [2.45, 2.75) is 13.0 Å². The molecular weight excluding hydrogens is 290 g/mol. The number of carbonyl (C=O) groups excluding carboxylic acids is 2. The number of hydrogen-bond donors (Lipinski definition) is 1. The molecule has 0 radical (unpaired) electrons. The number of hydrogen-bond acceptors (Lipinski definition) is 5. The molecule has 0 aromatic carbocycles. The Morgan fingerprint density at radius 3 is 2.86 bits per heavy atom. The number of nitrogens with one attached hydrogen (secondary N) is 1. The quantitative estimate of drug-likeness (QED) is 0.877. The van der Waals surface area contributed by atoms with Crippen molar-refractivity contribution in [3.8, 4) is 6.07 Å². The summed E-state index contributed by atoms with van der Waals surface area (Å²) in [6, 6.07) is 6.91. The number of nitriles is 1. The smallest absolute Gasteiger partial charge is 0.355 e. The van der Waals surface area contributed by atoms with Crippen molar-refractivity contribution in [3.05, 3.63) is 41.0 Å². The fourth-order valence-corrected chi connectivity index (χ4v) is 2.40. The van der Waals surface area contributed by atoms with E-state index in [4.69, 9.17) is 10.00 Å². The summed E-state index contributed by atoms with van der Waals surface area (Å²) in [6.45, 7) is 1.48.